The lowest BCUT2D eigenvalue weighted by molar-refractivity contribution is 0.0846. The highest BCUT2D eigenvalue weighted by Gasteiger charge is 2.40. The minimum atomic E-state index is 0.178. The summed E-state index contributed by atoms with van der Waals surface area (Å²) in [7, 11) is 0. The molecule has 1 N–H and O–H groups in total. The highest BCUT2D eigenvalue weighted by molar-refractivity contribution is 4.90. The normalized spacial score (nSPS) is 21.5. The van der Waals surface area contributed by atoms with Crippen molar-refractivity contribution in [3.63, 3.8) is 0 Å². The molecule has 0 aromatic carbocycles. The van der Waals surface area contributed by atoms with Crippen LogP contribution < -0.4 is 0 Å². The lowest BCUT2D eigenvalue weighted by Crippen LogP contribution is -2.24. The zero-order valence-corrected chi connectivity index (χ0v) is 8.88. The van der Waals surface area contributed by atoms with Crippen LogP contribution in [0.3, 0.4) is 0 Å². The SMILES string of the molecule is CCOCCCC(C)(CO)C1CC1. The topological polar surface area (TPSA) is 29.5 Å². The number of hydrogen-bond donors (Lipinski definition) is 1. The fourth-order valence-corrected chi connectivity index (χ4v) is 1.91. The van der Waals surface area contributed by atoms with Gasteiger partial charge in [0.1, 0.15) is 0 Å². The molecule has 0 aromatic heterocycles. The third-order valence-corrected chi connectivity index (χ3v) is 3.16. The first-order chi connectivity index (χ1) is 6.23. The van der Waals surface area contributed by atoms with Crippen LogP contribution in [0.1, 0.15) is 39.5 Å². The molecule has 78 valence electrons. The van der Waals surface area contributed by atoms with Gasteiger partial charge in [-0.25, -0.2) is 0 Å². The van der Waals surface area contributed by atoms with Crippen molar-refractivity contribution in [1.82, 2.24) is 0 Å². The fraction of sp³-hybridized carbons (Fsp3) is 1.00. The van der Waals surface area contributed by atoms with Gasteiger partial charge in [0.25, 0.3) is 0 Å². The van der Waals surface area contributed by atoms with Crippen molar-refractivity contribution >= 4 is 0 Å². The van der Waals surface area contributed by atoms with Gasteiger partial charge < -0.3 is 9.84 Å². The molecule has 0 aliphatic heterocycles. The van der Waals surface area contributed by atoms with Gasteiger partial charge in [0.05, 0.1) is 0 Å². The third-order valence-electron chi connectivity index (χ3n) is 3.16. The molecule has 2 heteroatoms. The quantitative estimate of drug-likeness (QED) is 0.618. The summed E-state index contributed by atoms with van der Waals surface area (Å²) < 4.78 is 5.29. The van der Waals surface area contributed by atoms with E-state index in [1.54, 1.807) is 0 Å². The third kappa shape index (κ3) is 3.28. The number of aliphatic hydroxyl groups is 1. The lowest BCUT2D eigenvalue weighted by atomic mass is 9.81. The first-order valence-corrected chi connectivity index (χ1v) is 5.41. The van der Waals surface area contributed by atoms with Gasteiger partial charge in [-0.1, -0.05) is 6.92 Å². The summed E-state index contributed by atoms with van der Waals surface area (Å²) in [6.07, 6.45) is 4.81. The molecule has 2 nitrogen and oxygen atoms in total. The van der Waals surface area contributed by atoms with Crippen molar-refractivity contribution in [3.8, 4) is 0 Å². The fourth-order valence-electron chi connectivity index (χ4n) is 1.91. The molecule has 0 bridgehead atoms. The molecule has 0 spiro atoms. The van der Waals surface area contributed by atoms with Gasteiger partial charge in [0, 0.05) is 19.8 Å². The van der Waals surface area contributed by atoms with Crippen LogP contribution in [-0.2, 0) is 4.74 Å². The summed E-state index contributed by atoms with van der Waals surface area (Å²) in [5.41, 5.74) is 0.178. The first kappa shape index (κ1) is 11.0. The van der Waals surface area contributed by atoms with Crippen LogP contribution in [0.2, 0.25) is 0 Å². The Balaban J connectivity index is 2.15. The molecule has 1 fully saturated rings. The Labute approximate surface area is 81.3 Å². The summed E-state index contributed by atoms with van der Waals surface area (Å²) in [5, 5.41) is 9.31. The average molecular weight is 186 g/mol. The van der Waals surface area contributed by atoms with Crippen molar-refractivity contribution in [2.75, 3.05) is 19.8 Å². The Morgan fingerprint density at radius 1 is 1.46 bits per heavy atom. The zero-order chi connectivity index (χ0) is 9.73. The van der Waals surface area contributed by atoms with Crippen molar-refractivity contribution in [2.24, 2.45) is 11.3 Å². The molecule has 1 aliphatic carbocycles. The van der Waals surface area contributed by atoms with E-state index in [1.165, 1.54) is 12.8 Å². The number of hydrogen-bond acceptors (Lipinski definition) is 2. The van der Waals surface area contributed by atoms with Gasteiger partial charge >= 0.3 is 0 Å². The summed E-state index contributed by atoms with van der Waals surface area (Å²) in [6.45, 7) is 6.21. The molecule has 0 aromatic rings. The maximum Gasteiger partial charge on any atom is 0.0487 e. The molecule has 0 radical (unpaired) electrons. The standard InChI is InChI=1S/C11H22O2/c1-3-13-8-4-7-11(2,9-12)10-5-6-10/h10,12H,3-9H2,1-2H3. The molecule has 0 heterocycles. The molecule has 1 aliphatic rings. The molecule has 0 amide bonds. The summed E-state index contributed by atoms with van der Waals surface area (Å²) in [4.78, 5) is 0. The summed E-state index contributed by atoms with van der Waals surface area (Å²) in [6, 6.07) is 0. The molecule has 0 saturated heterocycles. The van der Waals surface area contributed by atoms with E-state index in [0.29, 0.717) is 6.61 Å². The molecular weight excluding hydrogens is 164 g/mol. The number of aliphatic hydroxyl groups excluding tert-OH is 1. The average Bonchev–Trinajstić information content (AvgIpc) is 2.95. The predicted octanol–water partition coefficient (Wildman–Crippen LogP) is 2.21. The number of rotatable bonds is 7. The van der Waals surface area contributed by atoms with Gasteiger partial charge in [-0.15, -0.1) is 0 Å². The van der Waals surface area contributed by atoms with Crippen LogP contribution >= 0.6 is 0 Å². The van der Waals surface area contributed by atoms with Crippen molar-refractivity contribution in [3.05, 3.63) is 0 Å². The molecule has 1 rings (SSSR count). The van der Waals surface area contributed by atoms with E-state index in [9.17, 15) is 5.11 Å². The smallest absolute Gasteiger partial charge is 0.0487 e. The second-order valence-corrected chi connectivity index (χ2v) is 4.39. The van der Waals surface area contributed by atoms with Crippen LogP contribution in [-0.4, -0.2) is 24.9 Å². The lowest BCUT2D eigenvalue weighted by Gasteiger charge is -2.27. The largest absolute Gasteiger partial charge is 0.396 e. The molecular formula is C11H22O2. The summed E-state index contributed by atoms with van der Waals surface area (Å²) in [5.74, 6) is 0.777. The van der Waals surface area contributed by atoms with Crippen LogP contribution in [0.25, 0.3) is 0 Å². The number of ether oxygens (including phenoxy) is 1. The van der Waals surface area contributed by atoms with E-state index in [-0.39, 0.29) is 5.41 Å². The maximum absolute atomic E-state index is 9.31. The van der Waals surface area contributed by atoms with Gasteiger partial charge in [-0.3, -0.25) is 0 Å². The van der Waals surface area contributed by atoms with E-state index in [4.69, 9.17) is 4.74 Å². The van der Waals surface area contributed by atoms with Gasteiger partial charge in [-0.05, 0) is 43.9 Å². The van der Waals surface area contributed by atoms with Crippen LogP contribution in [0.5, 0.6) is 0 Å². The summed E-state index contributed by atoms with van der Waals surface area (Å²) >= 11 is 0. The van der Waals surface area contributed by atoms with Crippen molar-refractivity contribution in [2.45, 2.75) is 39.5 Å². The molecule has 1 atom stereocenters. The van der Waals surface area contributed by atoms with E-state index >= 15 is 0 Å². The van der Waals surface area contributed by atoms with E-state index in [1.807, 2.05) is 6.92 Å². The van der Waals surface area contributed by atoms with E-state index < -0.39 is 0 Å². The highest BCUT2D eigenvalue weighted by Crippen LogP contribution is 2.47. The van der Waals surface area contributed by atoms with Crippen LogP contribution in [0.4, 0.5) is 0 Å². The Morgan fingerprint density at radius 3 is 2.62 bits per heavy atom. The Kier molecular flexibility index (Phi) is 4.20. The van der Waals surface area contributed by atoms with Crippen LogP contribution in [0.15, 0.2) is 0 Å². The minimum Gasteiger partial charge on any atom is -0.396 e. The highest BCUT2D eigenvalue weighted by atomic mass is 16.5. The second-order valence-electron chi connectivity index (χ2n) is 4.39. The molecule has 1 unspecified atom stereocenters. The van der Waals surface area contributed by atoms with Gasteiger partial charge in [0.15, 0.2) is 0 Å². The first-order valence-electron chi connectivity index (χ1n) is 5.41. The van der Waals surface area contributed by atoms with Gasteiger partial charge in [0.2, 0.25) is 0 Å². The van der Waals surface area contributed by atoms with E-state index in [0.717, 1.165) is 32.0 Å². The minimum absolute atomic E-state index is 0.178. The second kappa shape index (κ2) is 4.97. The monoisotopic (exact) mass is 186 g/mol. The van der Waals surface area contributed by atoms with Crippen molar-refractivity contribution < 1.29 is 9.84 Å². The van der Waals surface area contributed by atoms with Gasteiger partial charge in [-0.2, -0.15) is 0 Å². The molecule has 13 heavy (non-hydrogen) atoms. The Hall–Kier alpha value is -0.0800. The Bertz CT molecular complexity index is 143. The van der Waals surface area contributed by atoms with Crippen LogP contribution in [0, 0.1) is 11.3 Å². The van der Waals surface area contributed by atoms with E-state index in [2.05, 4.69) is 6.92 Å². The maximum atomic E-state index is 9.31. The predicted molar refractivity (Wildman–Crippen MR) is 53.6 cm³/mol. The molecule has 1 saturated carbocycles. The van der Waals surface area contributed by atoms with Crippen molar-refractivity contribution in [1.29, 1.82) is 0 Å². The zero-order valence-electron chi connectivity index (χ0n) is 8.88. The Morgan fingerprint density at radius 2 is 2.15 bits per heavy atom.